The van der Waals surface area contributed by atoms with E-state index in [0.29, 0.717) is 17.2 Å². The normalized spacial score (nSPS) is 14.5. The van der Waals surface area contributed by atoms with E-state index in [1.54, 1.807) is 17.0 Å². The first-order valence-corrected chi connectivity index (χ1v) is 10.0. The molecule has 2 aromatic carbocycles. The molecule has 2 amide bonds. The highest BCUT2D eigenvalue weighted by Crippen LogP contribution is 2.23. The van der Waals surface area contributed by atoms with Gasteiger partial charge >= 0.3 is 0 Å². The van der Waals surface area contributed by atoms with Gasteiger partial charge in [0.25, 0.3) is 0 Å². The molecule has 1 aliphatic rings. The largest absolute Gasteiger partial charge is 0.312 e. The molecule has 3 rings (SSSR count). The summed E-state index contributed by atoms with van der Waals surface area (Å²) in [5, 5.41) is 4.86. The van der Waals surface area contributed by atoms with Crippen LogP contribution in [-0.4, -0.2) is 29.8 Å². The van der Waals surface area contributed by atoms with Gasteiger partial charge in [0.2, 0.25) is 11.8 Å². The van der Waals surface area contributed by atoms with Gasteiger partial charge in [0.15, 0.2) is 0 Å². The van der Waals surface area contributed by atoms with Crippen LogP contribution < -0.4 is 10.3 Å². The Balaban J connectivity index is 1.57. The summed E-state index contributed by atoms with van der Waals surface area (Å²) in [4.78, 5) is 26.7. The van der Waals surface area contributed by atoms with E-state index in [9.17, 15) is 9.59 Å². The number of amides is 2. The zero-order chi connectivity index (χ0) is 19.2. The van der Waals surface area contributed by atoms with Gasteiger partial charge in [0.05, 0.1) is 11.5 Å². The summed E-state index contributed by atoms with van der Waals surface area (Å²) in [7, 11) is 0. The highest BCUT2D eigenvalue weighted by Gasteiger charge is 2.21. The Morgan fingerprint density at radius 3 is 2.74 bits per heavy atom. The molecule has 0 aliphatic carbocycles. The summed E-state index contributed by atoms with van der Waals surface area (Å²) in [5.74, 6) is 0.232. The van der Waals surface area contributed by atoms with E-state index >= 15 is 0 Å². The topological polar surface area (TPSA) is 61.8 Å². The van der Waals surface area contributed by atoms with E-state index in [4.69, 9.17) is 11.6 Å². The van der Waals surface area contributed by atoms with Crippen molar-refractivity contribution in [1.82, 2.24) is 5.43 Å². The van der Waals surface area contributed by atoms with E-state index in [0.717, 1.165) is 29.1 Å². The van der Waals surface area contributed by atoms with Gasteiger partial charge in [0, 0.05) is 28.6 Å². The average Bonchev–Trinajstić information content (AvgIpc) is 3.11. The molecule has 27 heavy (non-hydrogen) atoms. The highest BCUT2D eigenvalue weighted by atomic mass is 35.5. The first kappa shape index (κ1) is 19.5. The van der Waals surface area contributed by atoms with Crippen LogP contribution in [0.25, 0.3) is 0 Å². The third-order valence-corrected chi connectivity index (χ3v) is 5.44. The first-order chi connectivity index (χ1) is 13.0. The van der Waals surface area contributed by atoms with Crippen LogP contribution in [0, 0.1) is 0 Å². The van der Waals surface area contributed by atoms with Crippen molar-refractivity contribution in [2.75, 3.05) is 17.2 Å². The Bertz CT molecular complexity index is 868. The maximum absolute atomic E-state index is 12.0. The molecule has 1 saturated heterocycles. The fourth-order valence-electron chi connectivity index (χ4n) is 2.74. The van der Waals surface area contributed by atoms with E-state index < -0.39 is 0 Å². The van der Waals surface area contributed by atoms with Crippen molar-refractivity contribution in [2.45, 2.75) is 24.7 Å². The number of nitrogens with one attached hydrogen (secondary N) is 1. The van der Waals surface area contributed by atoms with Crippen LogP contribution in [0.5, 0.6) is 0 Å². The number of anilines is 1. The van der Waals surface area contributed by atoms with E-state index in [2.05, 4.69) is 10.5 Å². The predicted molar refractivity (Wildman–Crippen MR) is 111 cm³/mol. The molecule has 0 unspecified atom stereocenters. The van der Waals surface area contributed by atoms with Crippen LogP contribution in [0.15, 0.2) is 58.5 Å². The fourth-order valence-corrected chi connectivity index (χ4v) is 3.56. The number of rotatable bonds is 6. The van der Waals surface area contributed by atoms with Crippen LogP contribution in [0.2, 0.25) is 5.02 Å². The molecule has 0 atom stereocenters. The molecule has 2 aromatic rings. The number of carbonyl (C=O) groups excluding carboxylic acids is 2. The van der Waals surface area contributed by atoms with Crippen molar-refractivity contribution in [3.8, 4) is 0 Å². The maximum atomic E-state index is 12.0. The first-order valence-electron chi connectivity index (χ1n) is 8.65. The minimum absolute atomic E-state index is 0.147. The highest BCUT2D eigenvalue weighted by molar-refractivity contribution is 8.00. The minimum Gasteiger partial charge on any atom is -0.312 e. The second kappa shape index (κ2) is 9.06. The van der Waals surface area contributed by atoms with Gasteiger partial charge in [-0.25, -0.2) is 5.43 Å². The number of carbonyl (C=O) groups is 2. The Hall–Kier alpha value is -2.31. The van der Waals surface area contributed by atoms with Gasteiger partial charge in [-0.2, -0.15) is 5.10 Å². The third kappa shape index (κ3) is 5.34. The lowest BCUT2D eigenvalue weighted by Crippen LogP contribution is -2.24. The summed E-state index contributed by atoms with van der Waals surface area (Å²) in [6, 6.07) is 15.0. The van der Waals surface area contributed by atoms with Gasteiger partial charge in [-0.05, 0) is 55.3 Å². The number of hydrogen-bond donors (Lipinski definition) is 1. The molecule has 0 aromatic heterocycles. The second-order valence-electron chi connectivity index (χ2n) is 6.17. The molecule has 0 saturated carbocycles. The van der Waals surface area contributed by atoms with Crippen LogP contribution in [0.1, 0.15) is 25.3 Å². The lowest BCUT2D eigenvalue weighted by atomic mass is 10.1. The number of nitrogens with zero attached hydrogens (tertiary/aromatic N) is 2. The summed E-state index contributed by atoms with van der Waals surface area (Å²) >= 11 is 7.27. The average molecular weight is 402 g/mol. The van der Waals surface area contributed by atoms with E-state index in [1.165, 1.54) is 11.8 Å². The van der Waals surface area contributed by atoms with Gasteiger partial charge in [-0.3, -0.25) is 9.59 Å². The fraction of sp³-hybridized carbons (Fsp3) is 0.250. The molecule has 140 valence electrons. The van der Waals surface area contributed by atoms with E-state index in [-0.39, 0.29) is 17.6 Å². The van der Waals surface area contributed by atoms with Crippen LogP contribution in [-0.2, 0) is 9.59 Å². The number of halogens is 1. The maximum Gasteiger partial charge on any atom is 0.250 e. The summed E-state index contributed by atoms with van der Waals surface area (Å²) < 4.78 is 0. The Morgan fingerprint density at radius 2 is 2.04 bits per heavy atom. The molecule has 1 aliphatic heterocycles. The molecule has 1 fully saturated rings. The van der Waals surface area contributed by atoms with Gasteiger partial charge in [-0.15, -0.1) is 11.8 Å². The number of hydrazone groups is 1. The van der Waals surface area contributed by atoms with Crippen molar-refractivity contribution < 1.29 is 9.59 Å². The molecule has 0 bridgehead atoms. The molecular formula is C20H20ClN3O2S. The SMILES string of the molecule is C/C(=N/NC(=O)CSc1ccc(Cl)cc1)c1cccc(N2CCCC2=O)c1. The summed E-state index contributed by atoms with van der Waals surface area (Å²) in [6.07, 6.45) is 1.48. The number of hydrogen-bond acceptors (Lipinski definition) is 4. The van der Waals surface area contributed by atoms with Crippen molar-refractivity contribution in [2.24, 2.45) is 5.10 Å². The van der Waals surface area contributed by atoms with Gasteiger partial charge < -0.3 is 4.90 Å². The Labute approximate surface area is 167 Å². The third-order valence-electron chi connectivity index (χ3n) is 4.18. The van der Waals surface area contributed by atoms with E-state index in [1.807, 2.05) is 43.3 Å². The second-order valence-corrected chi connectivity index (χ2v) is 7.66. The molecule has 0 spiro atoms. The zero-order valence-electron chi connectivity index (χ0n) is 14.9. The number of benzene rings is 2. The van der Waals surface area contributed by atoms with Crippen molar-refractivity contribution in [3.63, 3.8) is 0 Å². The van der Waals surface area contributed by atoms with Crippen molar-refractivity contribution >= 4 is 46.6 Å². The van der Waals surface area contributed by atoms with Gasteiger partial charge in [0.1, 0.15) is 0 Å². The van der Waals surface area contributed by atoms with Crippen LogP contribution in [0.3, 0.4) is 0 Å². The molecule has 1 N–H and O–H groups in total. The lowest BCUT2D eigenvalue weighted by molar-refractivity contribution is -0.118. The molecule has 1 heterocycles. The monoisotopic (exact) mass is 401 g/mol. The molecule has 7 heteroatoms. The van der Waals surface area contributed by atoms with Gasteiger partial charge in [-0.1, -0.05) is 23.7 Å². The number of thioether (sulfide) groups is 1. The lowest BCUT2D eigenvalue weighted by Gasteiger charge is -2.16. The van der Waals surface area contributed by atoms with Crippen molar-refractivity contribution in [3.05, 3.63) is 59.1 Å². The Morgan fingerprint density at radius 1 is 1.26 bits per heavy atom. The minimum atomic E-state index is -0.180. The smallest absolute Gasteiger partial charge is 0.250 e. The summed E-state index contributed by atoms with van der Waals surface area (Å²) in [6.45, 7) is 2.58. The molecular weight excluding hydrogens is 382 g/mol. The van der Waals surface area contributed by atoms with Crippen LogP contribution >= 0.6 is 23.4 Å². The standard InChI is InChI=1S/C20H20ClN3O2S/c1-14(15-4-2-5-17(12-15)24-11-3-6-20(24)26)22-23-19(25)13-27-18-9-7-16(21)8-10-18/h2,4-5,7-10,12H,3,6,11,13H2,1H3,(H,23,25)/b22-14-. The quantitative estimate of drug-likeness (QED) is 0.450. The van der Waals surface area contributed by atoms with Crippen LogP contribution in [0.4, 0.5) is 5.69 Å². The Kier molecular flexibility index (Phi) is 6.53. The molecule has 5 nitrogen and oxygen atoms in total. The predicted octanol–water partition coefficient (Wildman–Crippen LogP) is 4.10. The zero-order valence-corrected chi connectivity index (χ0v) is 16.5. The molecule has 0 radical (unpaired) electrons. The van der Waals surface area contributed by atoms with Crippen molar-refractivity contribution in [1.29, 1.82) is 0 Å². The summed E-state index contributed by atoms with van der Waals surface area (Å²) in [5.41, 5.74) is 5.01.